The average Bonchev–Trinajstić information content (AvgIpc) is 3.00. The number of carboxylic acid groups (broad SMARTS) is 1. The van der Waals surface area contributed by atoms with Crippen LogP contribution in [0.2, 0.25) is 0 Å². The van der Waals surface area contributed by atoms with Crippen molar-refractivity contribution in [3.05, 3.63) is 85.1 Å². The zero-order valence-corrected chi connectivity index (χ0v) is 28.2. The third kappa shape index (κ3) is 33.6. The number of hydrogen-bond acceptors (Lipinski definition) is 3. The van der Waals surface area contributed by atoms with E-state index in [1.54, 1.807) is 0 Å². The molecule has 0 aliphatic carbocycles. The SMILES string of the molecule is CC/C=C\C/C=C\C/C=C\C/C=C\C(CCCCCCCC(=O)O)OC(=O)CCCCCCC/C=C\C/C=C\C/C=C\CC. The zero-order valence-electron chi connectivity index (χ0n) is 28.2. The number of carbonyl (C=O) groups excluding carboxylic acids is 1. The Morgan fingerprint density at radius 3 is 1.50 bits per heavy atom. The lowest BCUT2D eigenvalue weighted by Gasteiger charge is -2.14. The van der Waals surface area contributed by atoms with Crippen molar-refractivity contribution in [2.45, 2.75) is 155 Å². The highest BCUT2D eigenvalue weighted by Gasteiger charge is 2.11. The van der Waals surface area contributed by atoms with Gasteiger partial charge in [0.1, 0.15) is 6.10 Å². The maximum atomic E-state index is 12.6. The summed E-state index contributed by atoms with van der Waals surface area (Å²) in [7, 11) is 0. The first-order chi connectivity index (χ1) is 21.6. The van der Waals surface area contributed by atoms with Gasteiger partial charge in [0.25, 0.3) is 0 Å². The van der Waals surface area contributed by atoms with Crippen LogP contribution in [0.4, 0.5) is 0 Å². The fourth-order valence-electron chi connectivity index (χ4n) is 4.58. The van der Waals surface area contributed by atoms with Crippen molar-refractivity contribution in [2.24, 2.45) is 0 Å². The highest BCUT2D eigenvalue weighted by molar-refractivity contribution is 5.69. The Kier molecular flexibility index (Phi) is 32.3. The lowest BCUT2D eigenvalue weighted by atomic mass is 10.1. The molecule has 0 saturated heterocycles. The van der Waals surface area contributed by atoms with E-state index in [-0.39, 0.29) is 18.5 Å². The molecule has 0 saturated carbocycles. The predicted molar refractivity (Wildman–Crippen MR) is 190 cm³/mol. The van der Waals surface area contributed by atoms with Gasteiger partial charge in [0.2, 0.25) is 0 Å². The Morgan fingerprint density at radius 1 is 0.523 bits per heavy atom. The van der Waals surface area contributed by atoms with E-state index in [2.05, 4.69) is 92.8 Å². The van der Waals surface area contributed by atoms with E-state index in [0.29, 0.717) is 6.42 Å². The van der Waals surface area contributed by atoms with Crippen LogP contribution in [0, 0.1) is 0 Å². The van der Waals surface area contributed by atoms with Crippen LogP contribution >= 0.6 is 0 Å². The molecule has 1 unspecified atom stereocenters. The zero-order chi connectivity index (χ0) is 32.2. The minimum Gasteiger partial charge on any atom is -0.481 e. The summed E-state index contributed by atoms with van der Waals surface area (Å²) in [6.45, 7) is 4.30. The predicted octanol–water partition coefficient (Wildman–Crippen LogP) is 12.1. The molecule has 0 bridgehead atoms. The monoisotopic (exact) mass is 608 g/mol. The number of rotatable bonds is 30. The molecule has 0 aliphatic rings. The van der Waals surface area contributed by atoms with Gasteiger partial charge < -0.3 is 9.84 Å². The van der Waals surface area contributed by atoms with Gasteiger partial charge in [-0.1, -0.05) is 131 Å². The van der Waals surface area contributed by atoms with Gasteiger partial charge in [0.15, 0.2) is 0 Å². The van der Waals surface area contributed by atoms with E-state index in [0.717, 1.165) is 109 Å². The van der Waals surface area contributed by atoms with Crippen molar-refractivity contribution in [3.63, 3.8) is 0 Å². The van der Waals surface area contributed by atoms with Crippen LogP contribution in [0.15, 0.2) is 85.1 Å². The summed E-state index contributed by atoms with van der Waals surface area (Å²) < 4.78 is 5.86. The quantitative estimate of drug-likeness (QED) is 0.0500. The van der Waals surface area contributed by atoms with Crippen molar-refractivity contribution in [1.82, 2.24) is 0 Å². The largest absolute Gasteiger partial charge is 0.481 e. The molecule has 1 atom stereocenters. The third-order valence-corrected chi connectivity index (χ3v) is 7.10. The molecule has 248 valence electrons. The van der Waals surface area contributed by atoms with Crippen LogP contribution < -0.4 is 0 Å². The standard InChI is InChI=1S/C40H64O4/c1-3-5-7-9-11-13-15-16-17-18-20-22-24-29-33-37-40(43)44-38(35-31-27-25-28-32-36-39(41)42)34-30-26-23-21-19-14-12-10-8-6-4-2/h5-8,11-14,16-17,21,23,30,34,38H,3-4,9-10,15,18-20,22,24-29,31-33,35-37H2,1-2H3,(H,41,42)/b7-5-,8-6-,13-11-,14-12-,17-16-,23-21-,34-30-. The van der Waals surface area contributed by atoms with Crippen molar-refractivity contribution in [1.29, 1.82) is 0 Å². The normalized spacial score (nSPS) is 13.3. The second-order valence-electron chi connectivity index (χ2n) is 11.3. The summed E-state index contributed by atoms with van der Waals surface area (Å²) in [5.41, 5.74) is 0. The molecule has 0 aromatic heterocycles. The minimum atomic E-state index is -0.723. The Hall–Kier alpha value is -2.88. The molecule has 4 nitrogen and oxygen atoms in total. The van der Waals surface area contributed by atoms with Crippen LogP contribution in [-0.4, -0.2) is 23.1 Å². The molecule has 0 aliphatic heterocycles. The van der Waals surface area contributed by atoms with E-state index < -0.39 is 5.97 Å². The Morgan fingerprint density at radius 2 is 0.955 bits per heavy atom. The van der Waals surface area contributed by atoms with Crippen molar-refractivity contribution in [3.8, 4) is 0 Å². The molecule has 0 aromatic rings. The molecule has 0 radical (unpaired) electrons. The number of aliphatic carboxylic acids is 1. The van der Waals surface area contributed by atoms with Gasteiger partial charge in [-0.25, -0.2) is 0 Å². The van der Waals surface area contributed by atoms with E-state index in [1.807, 2.05) is 6.08 Å². The van der Waals surface area contributed by atoms with E-state index in [4.69, 9.17) is 9.84 Å². The summed E-state index contributed by atoms with van der Waals surface area (Å²) in [4.78, 5) is 23.2. The first kappa shape index (κ1) is 41.1. The molecular formula is C40H64O4. The number of carboxylic acids is 1. The fraction of sp³-hybridized carbons (Fsp3) is 0.600. The molecule has 4 heteroatoms. The number of unbranched alkanes of at least 4 members (excludes halogenated alkanes) is 9. The van der Waals surface area contributed by atoms with E-state index >= 15 is 0 Å². The number of ether oxygens (including phenoxy) is 1. The molecule has 0 rings (SSSR count). The van der Waals surface area contributed by atoms with Crippen LogP contribution in [0.5, 0.6) is 0 Å². The maximum absolute atomic E-state index is 12.6. The smallest absolute Gasteiger partial charge is 0.306 e. The highest BCUT2D eigenvalue weighted by atomic mass is 16.5. The first-order valence-corrected chi connectivity index (χ1v) is 17.6. The highest BCUT2D eigenvalue weighted by Crippen LogP contribution is 2.14. The number of carbonyl (C=O) groups is 2. The lowest BCUT2D eigenvalue weighted by Crippen LogP contribution is -2.16. The topological polar surface area (TPSA) is 63.6 Å². The lowest BCUT2D eigenvalue weighted by molar-refractivity contribution is -0.147. The van der Waals surface area contributed by atoms with Crippen molar-refractivity contribution < 1.29 is 19.4 Å². The summed E-state index contributed by atoms with van der Waals surface area (Å²) >= 11 is 0. The average molecular weight is 609 g/mol. The van der Waals surface area contributed by atoms with Crippen LogP contribution in [0.1, 0.15) is 149 Å². The Labute approximate surface area is 270 Å². The minimum absolute atomic E-state index is 0.0971. The van der Waals surface area contributed by atoms with Gasteiger partial charge in [-0.3, -0.25) is 9.59 Å². The second-order valence-corrected chi connectivity index (χ2v) is 11.3. The van der Waals surface area contributed by atoms with Gasteiger partial charge >= 0.3 is 11.9 Å². The third-order valence-electron chi connectivity index (χ3n) is 7.10. The van der Waals surface area contributed by atoms with E-state index in [1.165, 1.54) is 12.8 Å². The van der Waals surface area contributed by atoms with Gasteiger partial charge in [-0.2, -0.15) is 0 Å². The molecule has 0 spiro atoms. The van der Waals surface area contributed by atoms with E-state index in [9.17, 15) is 9.59 Å². The van der Waals surface area contributed by atoms with Gasteiger partial charge in [0.05, 0.1) is 0 Å². The first-order valence-electron chi connectivity index (χ1n) is 17.6. The maximum Gasteiger partial charge on any atom is 0.306 e. The summed E-state index contributed by atoms with van der Waals surface area (Å²) in [5, 5.41) is 8.79. The Bertz CT molecular complexity index is 872. The van der Waals surface area contributed by atoms with Crippen LogP contribution in [-0.2, 0) is 14.3 Å². The number of esters is 1. The van der Waals surface area contributed by atoms with Crippen LogP contribution in [0.3, 0.4) is 0 Å². The van der Waals surface area contributed by atoms with Gasteiger partial charge in [0, 0.05) is 12.8 Å². The van der Waals surface area contributed by atoms with Crippen molar-refractivity contribution >= 4 is 11.9 Å². The number of hydrogen-bond donors (Lipinski definition) is 1. The summed E-state index contributed by atoms with van der Waals surface area (Å²) in [6, 6.07) is 0. The van der Waals surface area contributed by atoms with Crippen molar-refractivity contribution in [2.75, 3.05) is 0 Å². The molecule has 0 amide bonds. The van der Waals surface area contributed by atoms with Gasteiger partial charge in [-0.05, 0) is 89.5 Å². The van der Waals surface area contributed by atoms with Gasteiger partial charge in [-0.15, -0.1) is 0 Å². The molecular weight excluding hydrogens is 544 g/mol. The molecule has 1 N–H and O–H groups in total. The molecule has 0 fully saturated rings. The second kappa shape index (κ2) is 34.6. The summed E-state index contributed by atoms with van der Waals surface area (Å²) in [5.74, 6) is -0.821. The molecule has 0 aromatic carbocycles. The summed E-state index contributed by atoms with van der Waals surface area (Å²) in [6.07, 6.45) is 50.3. The van der Waals surface area contributed by atoms with Crippen LogP contribution in [0.25, 0.3) is 0 Å². The fourth-order valence-corrected chi connectivity index (χ4v) is 4.58. The Balaban J connectivity index is 4.27. The molecule has 44 heavy (non-hydrogen) atoms. The molecule has 0 heterocycles. The number of allylic oxidation sites excluding steroid dienone is 13.